The first-order valence-corrected chi connectivity index (χ1v) is 8.84. The molecule has 0 saturated carbocycles. The van der Waals surface area contributed by atoms with Gasteiger partial charge in [-0.05, 0) is 12.0 Å². The monoisotopic (exact) mass is 407 g/mol. The van der Waals surface area contributed by atoms with E-state index in [0.717, 1.165) is 5.56 Å². The van der Waals surface area contributed by atoms with Crippen molar-refractivity contribution in [1.82, 2.24) is 16.0 Å². The van der Waals surface area contributed by atoms with E-state index in [2.05, 4.69) is 16.0 Å². The Labute approximate surface area is 167 Å². The summed E-state index contributed by atoms with van der Waals surface area (Å²) in [4.78, 5) is 58.1. The van der Waals surface area contributed by atoms with E-state index in [4.69, 9.17) is 11.5 Å². The van der Waals surface area contributed by atoms with Crippen LogP contribution in [0.4, 0.5) is 0 Å². The summed E-state index contributed by atoms with van der Waals surface area (Å²) in [5, 5.41) is 16.3. The van der Waals surface area contributed by atoms with E-state index in [1.165, 1.54) is 0 Å². The van der Waals surface area contributed by atoms with Crippen LogP contribution in [0.15, 0.2) is 30.3 Å². The first-order chi connectivity index (χ1) is 13.7. The van der Waals surface area contributed by atoms with Crippen LogP contribution in [0.2, 0.25) is 0 Å². The highest BCUT2D eigenvalue weighted by Gasteiger charge is 2.27. The average molecular weight is 407 g/mol. The molecule has 0 aliphatic rings. The van der Waals surface area contributed by atoms with Crippen molar-refractivity contribution in [2.45, 2.75) is 31.3 Å². The lowest BCUT2D eigenvalue weighted by molar-refractivity contribution is -0.142. The van der Waals surface area contributed by atoms with Gasteiger partial charge in [0.05, 0.1) is 13.1 Å². The van der Waals surface area contributed by atoms with Crippen LogP contribution in [-0.2, 0) is 30.4 Å². The lowest BCUT2D eigenvalue weighted by atomic mass is 10.0. The van der Waals surface area contributed by atoms with Gasteiger partial charge in [-0.25, -0.2) is 4.79 Å². The molecule has 0 aliphatic carbocycles. The van der Waals surface area contributed by atoms with Crippen molar-refractivity contribution >= 4 is 29.6 Å². The average Bonchev–Trinajstić information content (AvgIpc) is 2.68. The molecule has 158 valence electrons. The van der Waals surface area contributed by atoms with Crippen molar-refractivity contribution in [2.75, 3.05) is 13.1 Å². The molecule has 2 unspecified atom stereocenters. The van der Waals surface area contributed by atoms with Crippen LogP contribution in [0.25, 0.3) is 0 Å². The predicted molar refractivity (Wildman–Crippen MR) is 102 cm³/mol. The van der Waals surface area contributed by atoms with E-state index in [-0.39, 0.29) is 25.8 Å². The van der Waals surface area contributed by atoms with E-state index in [0.29, 0.717) is 0 Å². The van der Waals surface area contributed by atoms with Crippen molar-refractivity contribution in [3.05, 3.63) is 35.9 Å². The molecule has 0 radical (unpaired) electrons. The summed E-state index contributed by atoms with van der Waals surface area (Å²) in [6.45, 7) is -0.681. The quantitative estimate of drug-likeness (QED) is 0.223. The number of nitrogens with two attached hydrogens (primary N) is 2. The van der Waals surface area contributed by atoms with Crippen LogP contribution in [-0.4, -0.2) is 59.9 Å². The smallest absolute Gasteiger partial charge is 0.326 e. The van der Waals surface area contributed by atoms with Crippen molar-refractivity contribution in [3.63, 3.8) is 0 Å². The van der Waals surface area contributed by atoms with E-state index in [1.54, 1.807) is 30.3 Å². The second kappa shape index (κ2) is 12.1. The maximum absolute atomic E-state index is 12.6. The Bertz CT molecular complexity index is 740. The summed E-state index contributed by atoms with van der Waals surface area (Å²) in [5.41, 5.74) is 10.9. The zero-order valence-corrected chi connectivity index (χ0v) is 15.7. The molecule has 0 aliphatic heterocycles. The number of rotatable bonds is 12. The van der Waals surface area contributed by atoms with Gasteiger partial charge in [-0.2, -0.15) is 0 Å². The second-order valence-electron chi connectivity index (χ2n) is 6.20. The molecular formula is C18H25N5O6. The van der Waals surface area contributed by atoms with Crippen LogP contribution in [0.5, 0.6) is 0 Å². The highest BCUT2D eigenvalue weighted by molar-refractivity contribution is 5.92. The first-order valence-electron chi connectivity index (χ1n) is 8.84. The van der Waals surface area contributed by atoms with Gasteiger partial charge < -0.3 is 32.5 Å². The summed E-state index contributed by atoms with van der Waals surface area (Å²) in [6.07, 6.45) is -0.321. The number of hydrogen-bond acceptors (Lipinski definition) is 6. The molecule has 0 spiro atoms. The zero-order valence-electron chi connectivity index (χ0n) is 15.7. The molecule has 1 aromatic carbocycles. The van der Waals surface area contributed by atoms with Gasteiger partial charge in [0.25, 0.3) is 0 Å². The van der Waals surface area contributed by atoms with Crippen LogP contribution >= 0.6 is 0 Å². The highest BCUT2D eigenvalue weighted by Crippen LogP contribution is 2.05. The summed E-state index contributed by atoms with van der Waals surface area (Å²) in [5.74, 6) is -3.97. The highest BCUT2D eigenvalue weighted by atomic mass is 16.4. The van der Waals surface area contributed by atoms with Crippen molar-refractivity contribution in [1.29, 1.82) is 0 Å². The van der Waals surface area contributed by atoms with Crippen LogP contribution in [0, 0.1) is 0 Å². The number of hydrogen-bond donors (Lipinski definition) is 6. The normalized spacial score (nSPS) is 12.3. The summed E-state index contributed by atoms with van der Waals surface area (Å²) in [6, 6.07) is 6.32. The molecule has 0 saturated heterocycles. The van der Waals surface area contributed by atoms with Crippen LogP contribution in [0.3, 0.4) is 0 Å². The summed E-state index contributed by atoms with van der Waals surface area (Å²) in [7, 11) is 0. The Hall–Kier alpha value is -3.47. The van der Waals surface area contributed by atoms with Gasteiger partial charge in [0.2, 0.25) is 23.6 Å². The zero-order chi connectivity index (χ0) is 21.8. The Morgan fingerprint density at radius 1 is 0.966 bits per heavy atom. The van der Waals surface area contributed by atoms with Crippen molar-refractivity contribution < 1.29 is 29.1 Å². The summed E-state index contributed by atoms with van der Waals surface area (Å²) >= 11 is 0. The topological polar surface area (TPSA) is 194 Å². The van der Waals surface area contributed by atoms with Crippen molar-refractivity contribution in [3.8, 4) is 0 Å². The van der Waals surface area contributed by atoms with Gasteiger partial charge >= 0.3 is 5.97 Å². The lowest BCUT2D eigenvalue weighted by Crippen LogP contribution is -2.54. The maximum Gasteiger partial charge on any atom is 0.326 e. The van der Waals surface area contributed by atoms with Gasteiger partial charge in [-0.1, -0.05) is 30.3 Å². The Morgan fingerprint density at radius 2 is 1.62 bits per heavy atom. The van der Waals surface area contributed by atoms with Crippen molar-refractivity contribution in [2.24, 2.45) is 11.5 Å². The molecule has 0 aromatic heterocycles. The van der Waals surface area contributed by atoms with Gasteiger partial charge in [-0.15, -0.1) is 0 Å². The molecule has 11 heteroatoms. The number of benzene rings is 1. The first kappa shape index (κ1) is 23.6. The molecule has 2 atom stereocenters. The minimum absolute atomic E-state index is 0.0887. The lowest BCUT2D eigenvalue weighted by Gasteiger charge is -2.21. The molecule has 0 fully saturated rings. The van der Waals surface area contributed by atoms with Gasteiger partial charge in [0.15, 0.2) is 0 Å². The Balaban J connectivity index is 2.85. The van der Waals surface area contributed by atoms with Crippen LogP contribution < -0.4 is 27.4 Å². The fraction of sp³-hybridized carbons (Fsp3) is 0.389. The number of amides is 4. The molecule has 0 heterocycles. The third-order valence-corrected chi connectivity index (χ3v) is 3.86. The van der Waals surface area contributed by atoms with E-state index in [1.807, 2.05) is 0 Å². The van der Waals surface area contributed by atoms with E-state index < -0.39 is 48.2 Å². The standard InChI is InChI=1S/C18H25N5O6/c19-9-15(25)21-10-16(26)22-13(8-11-4-2-1-3-5-11)17(27)23-12(18(28)29)6-7-14(20)24/h1-5,12-13H,6-10,19H2,(H2,20,24)(H,21,25)(H,22,26)(H,23,27)(H,28,29). The third kappa shape index (κ3) is 9.33. The van der Waals surface area contributed by atoms with Gasteiger partial charge in [0.1, 0.15) is 12.1 Å². The number of nitrogens with one attached hydrogen (secondary N) is 3. The summed E-state index contributed by atoms with van der Waals surface area (Å²) < 4.78 is 0. The van der Waals surface area contributed by atoms with Gasteiger partial charge in [-0.3, -0.25) is 19.2 Å². The van der Waals surface area contributed by atoms with E-state index in [9.17, 15) is 29.1 Å². The molecular weight excluding hydrogens is 382 g/mol. The Kier molecular flexibility index (Phi) is 9.82. The molecule has 11 nitrogen and oxygen atoms in total. The van der Waals surface area contributed by atoms with E-state index >= 15 is 0 Å². The maximum atomic E-state index is 12.6. The number of carboxylic acids is 1. The number of carbonyl (C=O) groups excluding carboxylic acids is 4. The largest absolute Gasteiger partial charge is 0.480 e. The molecule has 1 rings (SSSR count). The molecule has 4 amide bonds. The molecule has 1 aromatic rings. The predicted octanol–water partition coefficient (Wildman–Crippen LogP) is -2.38. The number of aliphatic carboxylic acids is 1. The molecule has 0 bridgehead atoms. The molecule has 29 heavy (non-hydrogen) atoms. The van der Waals surface area contributed by atoms with Gasteiger partial charge in [0, 0.05) is 12.8 Å². The fourth-order valence-corrected chi connectivity index (χ4v) is 2.37. The number of primary amides is 1. The number of carbonyl (C=O) groups is 5. The minimum Gasteiger partial charge on any atom is -0.480 e. The molecule has 8 N–H and O–H groups in total. The number of carboxylic acid groups (broad SMARTS) is 1. The SMILES string of the molecule is NCC(=O)NCC(=O)NC(Cc1ccccc1)C(=O)NC(CCC(N)=O)C(=O)O. The Morgan fingerprint density at radius 3 is 2.17 bits per heavy atom. The fourth-order valence-electron chi connectivity index (χ4n) is 2.37. The third-order valence-electron chi connectivity index (χ3n) is 3.86. The minimum atomic E-state index is -1.35. The van der Waals surface area contributed by atoms with Crippen LogP contribution in [0.1, 0.15) is 18.4 Å². The second-order valence-corrected chi connectivity index (χ2v) is 6.20.